The van der Waals surface area contributed by atoms with Crippen LogP contribution >= 0.6 is 0 Å². The van der Waals surface area contributed by atoms with Gasteiger partial charge in [-0.25, -0.2) is 4.98 Å². The van der Waals surface area contributed by atoms with Gasteiger partial charge in [-0.05, 0) is 49.6 Å². The number of para-hydroxylation sites is 2. The lowest BCUT2D eigenvalue weighted by atomic mass is 10.1. The molecule has 152 valence electrons. The number of fused-ring (bicyclic) bond motifs is 1. The molecule has 0 saturated carbocycles. The minimum Gasteiger partial charge on any atom is -0.493 e. The number of aromatic nitrogens is 2. The number of carbonyl (C=O) groups is 1. The molecule has 0 aliphatic heterocycles. The third kappa shape index (κ3) is 5.16. The molecule has 0 radical (unpaired) electrons. The molecule has 2 aromatic carbocycles. The van der Waals surface area contributed by atoms with E-state index >= 15 is 0 Å². The number of hydrogen-bond acceptors (Lipinski definition) is 4. The van der Waals surface area contributed by atoms with Gasteiger partial charge in [0.2, 0.25) is 0 Å². The first-order valence-electron chi connectivity index (χ1n) is 9.71. The molecule has 3 aromatic rings. The van der Waals surface area contributed by atoms with Crippen molar-refractivity contribution < 1.29 is 14.3 Å². The van der Waals surface area contributed by atoms with Crippen molar-refractivity contribution in [1.29, 1.82) is 0 Å². The molecule has 0 spiro atoms. The second-order valence-corrected chi connectivity index (χ2v) is 6.77. The Labute approximate surface area is 171 Å². The SMILES string of the molecule is C=CCc1ccc(OCC(=O)NCCCn2c(C)nc3ccccc32)c(OC)c1. The van der Waals surface area contributed by atoms with Crippen LogP contribution < -0.4 is 14.8 Å². The second kappa shape index (κ2) is 9.78. The van der Waals surface area contributed by atoms with Gasteiger partial charge in [0, 0.05) is 13.1 Å². The van der Waals surface area contributed by atoms with Gasteiger partial charge in [0.1, 0.15) is 5.82 Å². The summed E-state index contributed by atoms with van der Waals surface area (Å²) in [5, 5.41) is 2.90. The lowest BCUT2D eigenvalue weighted by Crippen LogP contribution is -2.30. The molecule has 1 heterocycles. The molecule has 6 heteroatoms. The van der Waals surface area contributed by atoms with Crippen molar-refractivity contribution in [3.63, 3.8) is 0 Å². The average molecular weight is 393 g/mol. The standard InChI is InChI=1S/C23H27N3O3/c1-4-8-18-11-12-21(22(15-18)28-3)29-16-23(27)24-13-7-14-26-17(2)25-19-9-5-6-10-20(19)26/h4-6,9-12,15H,1,7-8,13-14,16H2,2-3H3,(H,24,27). The molecule has 0 aliphatic rings. The Hall–Kier alpha value is -3.28. The van der Waals surface area contributed by atoms with E-state index in [9.17, 15) is 4.79 Å². The lowest BCUT2D eigenvalue weighted by Gasteiger charge is -2.12. The van der Waals surface area contributed by atoms with Gasteiger partial charge in [-0.1, -0.05) is 24.3 Å². The molecule has 0 unspecified atom stereocenters. The van der Waals surface area contributed by atoms with Gasteiger partial charge in [0.05, 0.1) is 18.1 Å². The van der Waals surface area contributed by atoms with Crippen LogP contribution in [0.3, 0.4) is 0 Å². The van der Waals surface area contributed by atoms with Gasteiger partial charge in [-0.2, -0.15) is 0 Å². The summed E-state index contributed by atoms with van der Waals surface area (Å²) in [4.78, 5) is 16.7. The molecule has 0 bridgehead atoms. The molecular formula is C23H27N3O3. The third-order valence-corrected chi connectivity index (χ3v) is 4.69. The minimum absolute atomic E-state index is 0.0514. The van der Waals surface area contributed by atoms with Crippen LogP contribution in [0.2, 0.25) is 0 Å². The molecular weight excluding hydrogens is 366 g/mol. The van der Waals surface area contributed by atoms with Crippen LogP contribution in [0.4, 0.5) is 0 Å². The van der Waals surface area contributed by atoms with Crippen LogP contribution in [-0.2, 0) is 17.8 Å². The zero-order chi connectivity index (χ0) is 20.6. The second-order valence-electron chi connectivity index (χ2n) is 6.77. The number of allylic oxidation sites excluding steroid dienone is 1. The fraction of sp³-hybridized carbons (Fsp3) is 0.304. The molecule has 29 heavy (non-hydrogen) atoms. The highest BCUT2D eigenvalue weighted by atomic mass is 16.5. The monoisotopic (exact) mass is 393 g/mol. The molecule has 0 fully saturated rings. The highest BCUT2D eigenvalue weighted by Gasteiger charge is 2.09. The highest BCUT2D eigenvalue weighted by Crippen LogP contribution is 2.28. The zero-order valence-electron chi connectivity index (χ0n) is 17.0. The number of nitrogens with one attached hydrogen (secondary N) is 1. The number of amides is 1. The Morgan fingerprint density at radius 3 is 2.86 bits per heavy atom. The first-order chi connectivity index (χ1) is 14.1. The fourth-order valence-corrected chi connectivity index (χ4v) is 3.26. The van der Waals surface area contributed by atoms with Crippen molar-refractivity contribution >= 4 is 16.9 Å². The van der Waals surface area contributed by atoms with Crippen LogP contribution in [0.1, 0.15) is 17.8 Å². The average Bonchev–Trinajstić information content (AvgIpc) is 3.05. The summed E-state index contributed by atoms with van der Waals surface area (Å²) in [5.41, 5.74) is 3.19. The number of imidazole rings is 1. The zero-order valence-corrected chi connectivity index (χ0v) is 17.0. The Morgan fingerprint density at radius 1 is 1.24 bits per heavy atom. The van der Waals surface area contributed by atoms with Crippen LogP contribution in [0.25, 0.3) is 11.0 Å². The van der Waals surface area contributed by atoms with E-state index in [1.165, 1.54) is 0 Å². The van der Waals surface area contributed by atoms with Gasteiger partial charge in [0.25, 0.3) is 5.91 Å². The molecule has 1 aromatic heterocycles. The van der Waals surface area contributed by atoms with Gasteiger partial charge in [-0.15, -0.1) is 6.58 Å². The Bertz CT molecular complexity index is 994. The summed E-state index contributed by atoms with van der Waals surface area (Å²) >= 11 is 0. The van der Waals surface area contributed by atoms with E-state index < -0.39 is 0 Å². The fourth-order valence-electron chi connectivity index (χ4n) is 3.26. The predicted molar refractivity (Wildman–Crippen MR) is 114 cm³/mol. The number of aryl methyl sites for hydroxylation is 2. The number of ether oxygens (including phenoxy) is 2. The van der Waals surface area contributed by atoms with E-state index in [0.29, 0.717) is 18.0 Å². The normalized spacial score (nSPS) is 10.7. The van der Waals surface area contributed by atoms with E-state index in [4.69, 9.17) is 9.47 Å². The van der Waals surface area contributed by atoms with E-state index in [-0.39, 0.29) is 12.5 Å². The maximum absolute atomic E-state index is 12.1. The van der Waals surface area contributed by atoms with Crippen LogP contribution in [0, 0.1) is 6.92 Å². The predicted octanol–water partition coefficient (Wildman–Crippen LogP) is 3.67. The molecule has 3 rings (SSSR count). The largest absolute Gasteiger partial charge is 0.493 e. The molecule has 6 nitrogen and oxygen atoms in total. The Morgan fingerprint density at radius 2 is 2.07 bits per heavy atom. The quantitative estimate of drug-likeness (QED) is 0.422. The maximum atomic E-state index is 12.1. The van der Waals surface area contributed by atoms with E-state index in [2.05, 4.69) is 27.5 Å². The molecule has 0 atom stereocenters. The summed E-state index contributed by atoms with van der Waals surface area (Å²) in [5.74, 6) is 1.98. The van der Waals surface area contributed by atoms with Crippen molar-refractivity contribution in [1.82, 2.24) is 14.9 Å². The van der Waals surface area contributed by atoms with Crippen molar-refractivity contribution in [2.45, 2.75) is 26.3 Å². The summed E-state index contributed by atoms with van der Waals surface area (Å²) in [6, 6.07) is 13.7. The summed E-state index contributed by atoms with van der Waals surface area (Å²) in [6.07, 6.45) is 3.39. The number of methoxy groups -OCH3 is 1. The van der Waals surface area contributed by atoms with Crippen LogP contribution in [0.15, 0.2) is 55.1 Å². The number of nitrogens with zero attached hydrogens (tertiary/aromatic N) is 2. The summed E-state index contributed by atoms with van der Waals surface area (Å²) < 4.78 is 13.2. The Kier molecular flexibility index (Phi) is 6.89. The van der Waals surface area contributed by atoms with Gasteiger partial charge in [-0.3, -0.25) is 4.79 Å². The van der Waals surface area contributed by atoms with Crippen molar-refractivity contribution in [3.05, 3.63) is 66.5 Å². The third-order valence-electron chi connectivity index (χ3n) is 4.69. The van der Waals surface area contributed by atoms with Gasteiger partial charge >= 0.3 is 0 Å². The summed E-state index contributed by atoms with van der Waals surface area (Å²) in [6.45, 7) is 7.05. The minimum atomic E-state index is -0.158. The van der Waals surface area contributed by atoms with Gasteiger partial charge < -0.3 is 19.4 Å². The molecule has 0 saturated heterocycles. The van der Waals surface area contributed by atoms with Gasteiger partial charge in [0.15, 0.2) is 18.1 Å². The number of benzene rings is 2. The lowest BCUT2D eigenvalue weighted by molar-refractivity contribution is -0.123. The number of carbonyl (C=O) groups excluding carboxylic acids is 1. The van der Waals surface area contributed by atoms with Crippen molar-refractivity contribution in [2.24, 2.45) is 0 Å². The first kappa shape index (κ1) is 20.5. The molecule has 0 aliphatic carbocycles. The van der Waals surface area contributed by atoms with Crippen LogP contribution in [0.5, 0.6) is 11.5 Å². The van der Waals surface area contributed by atoms with Crippen molar-refractivity contribution in [3.8, 4) is 11.5 Å². The number of rotatable bonds is 10. The van der Waals surface area contributed by atoms with E-state index in [1.54, 1.807) is 7.11 Å². The van der Waals surface area contributed by atoms with Crippen LogP contribution in [-0.4, -0.2) is 35.7 Å². The maximum Gasteiger partial charge on any atom is 0.257 e. The van der Waals surface area contributed by atoms with Crippen molar-refractivity contribution in [2.75, 3.05) is 20.3 Å². The molecule has 1 amide bonds. The Balaban J connectivity index is 1.46. The number of hydrogen-bond donors (Lipinski definition) is 1. The highest BCUT2D eigenvalue weighted by molar-refractivity contribution is 5.77. The smallest absolute Gasteiger partial charge is 0.257 e. The summed E-state index contributed by atoms with van der Waals surface area (Å²) in [7, 11) is 1.59. The molecule has 1 N–H and O–H groups in total. The first-order valence-corrected chi connectivity index (χ1v) is 9.71. The van der Waals surface area contributed by atoms with E-state index in [0.717, 1.165) is 41.8 Å². The van der Waals surface area contributed by atoms with E-state index in [1.807, 2.05) is 49.4 Å². The topological polar surface area (TPSA) is 65.4 Å².